The highest BCUT2D eigenvalue weighted by atomic mass is 15.0. The number of hydrogen-bond acceptors (Lipinski definition) is 3. The second kappa shape index (κ2) is 1.89. The summed E-state index contributed by atoms with van der Waals surface area (Å²) in [7, 11) is 1.74. The van der Waals surface area contributed by atoms with Gasteiger partial charge in [-0.3, -0.25) is 5.41 Å². The molecule has 4 nitrogen and oxygen atoms in total. The molecule has 0 radical (unpaired) electrons. The lowest BCUT2D eigenvalue weighted by atomic mass is 10.6. The Hall–Kier alpha value is -1.32. The Labute approximate surface area is 52.5 Å². The second-order valence-electron chi connectivity index (χ2n) is 1.81. The SMILES string of the molecule is Cn1cnc(N)cc1=N. The van der Waals surface area contributed by atoms with E-state index in [1.54, 1.807) is 11.6 Å². The van der Waals surface area contributed by atoms with Crippen LogP contribution in [0.3, 0.4) is 0 Å². The molecule has 0 aliphatic carbocycles. The number of aromatic nitrogens is 2. The smallest absolute Gasteiger partial charge is 0.129 e. The van der Waals surface area contributed by atoms with Crippen molar-refractivity contribution in [3.05, 3.63) is 17.9 Å². The zero-order chi connectivity index (χ0) is 6.85. The van der Waals surface area contributed by atoms with Gasteiger partial charge in [-0.1, -0.05) is 0 Å². The van der Waals surface area contributed by atoms with Crippen molar-refractivity contribution in [2.45, 2.75) is 0 Å². The van der Waals surface area contributed by atoms with Crippen molar-refractivity contribution in [3.63, 3.8) is 0 Å². The van der Waals surface area contributed by atoms with Gasteiger partial charge >= 0.3 is 0 Å². The molecule has 0 saturated heterocycles. The first-order valence-electron chi connectivity index (χ1n) is 2.53. The molecule has 0 fully saturated rings. The van der Waals surface area contributed by atoms with Crippen LogP contribution in [0.15, 0.2) is 12.4 Å². The molecular formula is C5H8N4. The van der Waals surface area contributed by atoms with E-state index in [1.165, 1.54) is 12.4 Å². The Morgan fingerprint density at radius 1 is 1.78 bits per heavy atom. The van der Waals surface area contributed by atoms with E-state index in [1.807, 2.05) is 0 Å². The third-order valence-corrected chi connectivity index (χ3v) is 1.04. The predicted molar refractivity (Wildman–Crippen MR) is 33.5 cm³/mol. The van der Waals surface area contributed by atoms with Gasteiger partial charge in [-0.15, -0.1) is 0 Å². The standard InChI is InChI=1S/C5H8N4/c1-9-3-8-4(6)2-5(9)7/h2-3,7H,6H2,1H3. The molecule has 3 N–H and O–H groups in total. The van der Waals surface area contributed by atoms with Gasteiger partial charge in [-0.05, 0) is 0 Å². The number of nitrogen functional groups attached to an aromatic ring is 1. The van der Waals surface area contributed by atoms with Gasteiger partial charge in [0.2, 0.25) is 0 Å². The van der Waals surface area contributed by atoms with Crippen molar-refractivity contribution in [2.75, 3.05) is 5.73 Å². The van der Waals surface area contributed by atoms with Gasteiger partial charge < -0.3 is 10.3 Å². The van der Waals surface area contributed by atoms with E-state index in [0.29, 0.717) is 11.3 Å². The van der Waals surface area contributed by atoms with Gasteiger partial charge in [0.05, 0.1) is 6.33 Å². The summed E-state index contributed by atoms with van der Waals surface area (Å²) in [5.41, 5.74) is 5.65. The highest BCUT2D eigenvalue weighted by molar-refractivity contribution is 5.22. The van der Waals surface area contributed by atoms with Crippen LogP contribution in [0.25, 0.3) is 0 Å². The van der Waals surface area contributed by atoms with E-state index in [9.17, 15) is 0 Å². The third kappa shape index (κ3) is 1.07. The fraction of sp³-hybridized carbons (Fsp3) is 0.200. The molecule has 0 saturated carbocycles. The lowest BCUT2D eigenvalue weighted by Gasteiger charge is -1.95. The van der Waals surface area contributed by atoms with E-state index < -0.39 is 0 Å². The van der Waals surface area contributed by atoms with E-state index in [-0.39, 0.29) is 0 Å². The lowest BCUT2D eigenvalue weighted by molar-refractivity contribution is 0.790. The Morgan fingerprint density at radius 3 is 2.89 bits per heavy atom. The topological polar surface area (TPSA) is 67.7 Å². The summed E-state index contributed by atoms with van der Waals surface area (Å²) in [5.74, 6) is 0.387. The molecule has 0 amide bonds. The summed E-state index contributed by atoms with van der Waals surface area (Å²) in [6, 6.07) is 1.50. The van der Waals surface area contributed by atoms with Gasteiger partial charge in [0.25, 0.3) is 0 Å². The van der Waals surface area contributed by atoms with Crippen LogP contribution in [0.2, 0.25) is 0 Å². The molecule has 1 aromatic rings. The summed E-state index contributed by atoms with van der Waals surface area (Å²) >= 11 is 0. The van der Waals surface area contributed by atoms with Gasteiger partial charge in [0, 0.05) is 13.1 Å². The average molecular weight is 124 g/mol. The predicted octanol–water partition coefficient (Wildman–Crippen LogP) is -0.518. The third-order valence-electron chi connectivity index (χ3n) is 1.04. The molecular weight excluding hydrogens is 116 g/mol. The normalized spacial score (nSPS) is 9.44. The van der Waals surface area contributed by atoms with E-state index >= 15 is 0 Å². The molecule has 0 aliphatic rings. The number of nitrogens with zero attached hydrogens (tertiary/aromatic N) is 2. The Balaban J connectivity index is 3.34. The highest BCUT2D eigenvalue weighted by Crippen LogP contribution is 1.83. The average Bonchev–Trinajstić information content (AvgIpc) is 1.80. The summed E-state index contributed by atoms with van der Waals surface area (Å²) in [5, 5.41) is 7.20. The van der Waals surface area contributed by atoms with Crippen LogP contribution in [-0.2, 0) is 7.05 Å². The Kier molecular flexibility index (Phi) is 1.22. The molecule has 0 spiro atoms. The number of hydrogen-bond donors (Lipinski definition) is 2. The van der Waals surface area contributed by atoms with Crippen molar-refractivity contribution in [2.24, 2.45) is 7.05 Å². The fourth-order valence-electron chi connectivity index (χ4n) is 0.495. The monoisotopic (exact) mass is 124 g/mol. The van der Waals surface area contributed by atoms with Crippen molar-refractivity contribution >= 4 is 5.82 Å². The summed E-state index contributed by atoms with van der Waals surface area (Å²) in [6.07, 6.45) is 1.51. The molecule has 1 heterocycles. The molecule has 1 rings (SSSR count). The molecule has 48 valence electrons. The summed E-state index contributed by atoms with van der Waals surface area (Å²) < 4.78 is 1.58. The first-order valence-corrected chi connectivity index (χ1v) is 2.53. The molecule has 9 heavy (non-hydrogen) atoms. The van der Waals surface area contributed by atoms with E-state index in [0.717, 1.165) is 0 Å². The molecule has 4 heteroatoms. The zero-order valence-corrected chi connectivity index (χ0v) is 5.13. The first kappa shape index (κ1) is 5.81. The van der Waals surface area contributed by atoms with Crippen LogP contribution in [0.4, 0.5) is 5.82 Å². The second-order valence-corrected chi connectivity index (χ2v) is 1.81. The van der Waals surface area contributed by atoms with Crippen LogP contribution in [0.5, 0.6) is 0 Å². The Bertz CT molecular complexity index is 262. The van der Waals surface area contributed by atoms with Crippen LogP contribution >= 0.6 is 0 Å². The maximum atomic E-state index is 7.20. The Morgan fingerprint density at radius 2 is 2.44 bits per heavy atom. The fourth-order valence-corrected chi connectivity index (χ4v) is 0.495. The van der Waals surface area contributed by atoms with Crippen molar-refractivity contribution in [1.82, 2.24) is 9.55 Å². The largest absolute Gasteiger partial charge is 0.384 e. The quantitative estimate of drug-likeness (QED) is 0.488. The molecule has 0 atom stereocenters. The van der Waals surface area contributed by atoms with Gasteiger partial charge in [0.15, 0.2) is 0 Å². The zero-order valence-electron chi connectivity index (χ0n) is 5.13. The van der Waals surface area contributed by atoms with E-state index in [4.69, 9.17) is 11.1 Å². The minimum Gasteiger partial charge on any atom is -0.384 e. The highest BCUT2D eigenvalue weighted by Gasteiger charge is 1.85. The summed E-state index contributed by atoms with van der Waals surface area (Å²) in [4.78, 5) is 3.76. The molecule has 0 bridgehead atoms. The minimum atomic E-state index is 0.363. The lowest BCUT2D eigenvalue weighted by Crippen LogP contribution is -2.16. The van der Waals surface area contributed by atoms with Gasteiger partial charge in [-0.2, -0.15) is 0 Å². The summed E-state index contributed by atoms with van der Waals surface area (Å²) in [6.45, 7) is 0. The maximum absolute atomic E-state index is 7.20. The molecule has 1 aromatic heterocycles. The van der Waals surface area contributed by atoms with Crippen LogP contribution in [0.1, 0.15) is 0 Å². The van der Waals surface area contributed by atoms with Crippen LogP contribution in [-0.4, -0.2) is 9.55 Å². The van der Waals surface area contributed by atoms with E-state index in [2.05, 4.69) is 4.98 Å². The molecule has 0 aliphatic heterocycles. The van der Waals surface area contributed by atoms with Crippen LogP contribution in [0, 0.1) is 5.41 Å². The number of anilines is 1. The first-order chi connectivity index (χ1) is 4.20. The number of aryl methyl sites for hydroxylation is 1. The van der Waals surface area contributed by atoms with Crippen molar-refractivity contribution in [3.8, 4) is 0 Å². The maximum Gasteiger partial charge on any atom is 0.129 e. The number of nitrogens with two attached hydrogens (primary N) is 1. The number of nitrogens with one attached hydrogen (secondary N) is 1. The van der Waals surface area contributed by atoms with Gasteiger partial charge in [0.1, 0.15) is 11.3 Å². The number of rotatable bonds is 0. The van der Waals surface area contributed by atoms with Crippen molar-refractivity contribution in [1.29, 1.82) is 5.41 Å². The minimum absolute atomic E-state index is 0.363. The molecule has 0 unspecified atom stereocenters. The molecule has 0 aromatic carbocycles. The van der Waals surface area contributed by atoms with Gasteiger partial charge in [-0.25, -0.2) is 4.98 Å². The van der Waals surface area contributed by atoms with Crippen LogP contribution < -0.4 is 11.2 Å². The van der Waals surface area contributed by atoms with Crippen molar-refractivity contribution < 1.29 is 0 Å².